The number of hydrogen-bond acceptors (Lipinski definition) is 2. The van der Waals surface area contributed by atoms with Gasteiger partial charge in [0.05, 0.1) is 0 Å². The third-order valence-corrected chi connectivity index (χ3v) is 3.00. The largest absolute Gasteiger partial charge is 0.490 e. The molecule has 2 rings (SSSR count). The second-order valence-electron chi connectivity index (χ2n) is 5.21. The molecule has 0 bridgehead atoms. The highest BCUT2D eigenvalue weighted by Gasteiger charge is 2.27. The lowest BCUT2D eigenvalue weighted by atomic mass is 9.90. The Kier molecular flexibility index (Phi) is 3.49. The van der Waals surface area contributed by atoms with E-state index in [1.165, 1.54) is 5.56 Å². The van der Waals surface area contributed by atoms with Gasteiger partial charge in [-0.1, -0.05) is 26.0 Å². The van der Waals surface area contributed by atoms with E-state index >= 15 is 0 Å². The summed E-state index contributed by atoms with van der Waals surface area (Å²) in [5.74, 6) is 1.68. The number of hydrogen-bond donors (Lipinski definition) is 1. The van der Waals surface area contributed by atoms with E-state index in [0.717, 1.165) is 25.0 Å². The van der Waals surface area contributed by atoms with Crippen LogP contribution in [-0.4, -0.2) is 12.1 Å². The molecule has 0 unspecified atom stereocenters. The summed E-state index contributed by atoms with van der Waals surface area (Å²) >= 11 is 0. The zero-order valence-corrected chi connectivity index (χ0v) is 10.1. The summed E-state index contributed by atoms with van der Waals surface area (Å²) in [6.45, 7) is 4.47. The summed E-state index contributed by atoms with van der Waals surface area (Å²) < 4.78 is 5.80. The van der Waals surface area contributed by atoms with E-state index in [1.54, 1.807) is 0 Å². The maximum Gasteiger partial charge on any atom is 0.119 e. The molecule has 1 aromatic carbocycles. The molecule has 0 amide bonds. The van der Waals surface area contributed by atoms with Gasteiger partial charge in [0.1, 0.15) is 11.9 Å². The minimum absolute atomic E-state index is 0.339. The first-order valence-electron chi connectivity index (χ1n) is 6.14. The molecule has 0 aromatic heterocycles. The summed E-state index contributed by atoms with van der Waals surface area (Å²) in [7, 11) is 0. The van der Waals surface area contributed by atoms with Gasteiger partial charge in [0.15, 0.2) is 0 Å². The van der Waals surface area contributed by atoms with Gasteiger partial charge in [0.25, 0.3) is 0 Å². The van der Waals surface area contributed by atoms with Gasteiger partial charge in [-0.3, -0.25) is 0 Å². The molecular formula is C14H21NO. The lowest BCUT2D eigenvalue weighted by molar-refractivity contribution is 0.101. The molecule has 0 aliphatic heterocycles. The molecule has 1 saturated carbocycles. The lowest BCUT2D eigenvalue weighted by Gasteiger charge is -2.32. The summed E-state index contributed by atoms with van der Waals surface area (Å²) in [4.78, 5) is 0. The molecule has 2 N–H and O–H groups in total. The molecule has 1 aliphatic rings. The molecule has 1 fully saturated rings. The molecule has 0 radical (unpaired) electrons. The molecule has 0 spiro atoms. The summed E-state index contributed by atoms with van der Waals surface area (Å²) in [5, 5.41) is 0. The fourth-order valence-electron chi connectivity index (χ4n) is 2.07. The maximum atomic E-state index is 5.80. The number of ether oxygens (including phenoxy) is 1. The van der Waals surface area contributed by atoms with Crippen LogP contribution in [-0.2, 0) is 6.42 Å². The van der Waals surface area contributed by atoms with Gasteiger partial charge >= 0.3 is 0 Å². The van der Waals surface area contributed by atoms with E-state index in [4.69, 9.17) is 10.5 Å². The van der Waals surface area contributed by atoms with Gasteiger partial charge < -0.3 is 10.5 Å². The van der Waals surface area contributed by atoms with Crippen molar-refractivity contribution >= 4 is 0 Å². The Labute approximate surface area is 97.8 Å². The third kappa shape index (κ3) is 2.99. The predicted octanol–water partition coefficient (Wildman–Crippen LogP) is 2.75. The molecule has 2 heteroatoms. The van der Waals surface area contributed by atoms with Crippen molar-refractivity contribution in [3.05, 3.63) is 29.8 Å². The van der Waals surface area contributed by atoms with Crippen molar-refractivity contribution in [1.29, 1.82) is 0 Å². The number of benzene rings is 1. The lowest BCUT2D eigenvalue weighted by Crippen LogP contribution is -2.43. The predicted molar refractivity (Wildman–Crippen MR) is 66.6 cm³/mol. The van der Waals surface area contributed by atoms with Crippen LogP contribution >= 0.6 is 0 Å². The van der Waals surface area contributed by atoms with Crippen LogP contribution in [0.25, 0.3) is 0 Å². The molecule has 0 saturated heterocycles. The Morgan fingerprint density at radius 1 is 1.25 bits per heavy atom. The first-order chi connectivity index (χ1) is 7.63. The molecule has 0 atom stereocenters. The van der Waals surface area contributed by atoms with Gasteiger partial charge in [-0.05, 0) is 42.9 Å². The number of nitrogens with two attached hydrogens (primary N) is 1. The topological polar surface area (TPSA) is 35.2 Å². The average Bonchev–Trinajstić information content (AvgIpc) is 2.18. The SMILES string of the molecule is CC(C)Cc1ccc(O[C@H]2C[C@@H](N)C2)cc1. The fraction of sp³-hybridized carbons (Fsp3) is 0.571. The van der Waals surface area contributed by atoms with Crippen molar-refractivity contribution in [3.63, 3.8) is 0 Å². The summed E-state index contributed by atoms with van der Waals surface area (Å²) in [6.07, 6.45) is 3.46. The molecule has 16 heavy (non-hydrogen) atoms. The van der Waals surface area contributed by atoms with Crippen LogP contribution in [0.3, 0.4) is 0 Å². The quantitative estimate of drug-likeness (QED) is 0.845. The standard InChI is InChI=1S/C14H21NO/c1-10(2)7-11-3-5-13(6-4-11)16-14-8-12(15)9-14/h3-6,10,12,14H,7-9,15H2,1-2H3/t12-,14+. The second kappa shape index (κ2) is 4.88. The average molecular weight is 219 g/mol. The van der Waals surface area contributed by atoms with E-state index < -0.39 is 0 Å². The zero-order valence-electron chi connectivity index (χ0n) is 10.1. The normalized spacial score (nSPS) is 24.2. The zero-order chi connectivity index (χ0) is 11.5. The van der Waals surface area contributed by atoms with E-state index in [1.807, 2.05) is 0 Å². The van der Waals surface area contributed by atoms with Gasteiger partial charge in [0.2, 0.25) is 0 Å². The van der Waals surface area contributed by atoms with E-state index in [-0.39, 0.29) is 0 Å². The fourth-order valence-corrected chi connectivity index (χ4v) is 2.07. The van der Waals surface area contributed by atoms with Crippen molar-refractivity contribution < 1.29 is 4.74 Å². The van der Waals surface area contributed by atoms with Crippen molar-refractivity contribution in [2.45, 2.75) is 45.3 Å². The van der Waals surface area contributed by atoms with Crippen LogP contribution in [0.15, 0.2) is 24.3 Å². The molecule has 2 nitrogen and oxygen atoms in total. The first-order valence-corrected chi connectivity index (χ1v) is 6.14. The number of rotatable bonds is 4. The van der Waals surface area contributed by atoms with E-state index in [2.05, 4.69) is 38.1 Å². The van der Waals surface area contributed by atoms with Gasteiger partial charge in [-0.25, -0.2) is 0 Å². The van der Waals surface area contributed by atoms with E-state index in [9.17, 15) is 0 Å². The Balaban J connectivity index is 1.87. The van der Waals surface area contributed by atoms with Crippen molar-refractivity contribution in [1.82, 2.24) is 0 Å². The highest BCUT2D eigenvalue weighted by atomic mass is 16.5. The maximum absolute atomic E-state index is 5.80. The van der Waals surface area contributed by atoms with Crippen molar-refractivity contribution in [2.75, 3.05) is 0 Å². The minimum atomic E-state index is 0.339. The second-order valence-corrected chi connectivity index (χ2v) is 5.21. The van der Waals surface area contributed by atoms with Crippen molar-refractivity contribution in [2.24, 2.45) is 11.7 Å². The first kappa shape index (κ1) is 11.5. The van der Waals surface area contributed by atoms with Gasteiger partial charge in [-0.15, -0.1) is 0 Å². The Bertz CT molecular complexity index is 325. The summed E-state index contributed by atoms with van der Waals surface area (Å²) in [6, 6.07) is 8.82. The monoisotopic (exact) mass is 219 g/mol. The Morgan fingerprint density at radius 2 is 1.88 bits per heavy atom. The highest BCUT2D eigenvalue weighted by Crippen LogP contribution is 2.24. The minimum Gasteiger partial charge on any atom is -0.490 e. The Morgan fingerprint density at radius 3 is 2.38 bits per heavy atom. The molecule has 0 heterocycles. The van der Waals surface area contributed by atoms with Gasteiger partial charge in [-0.2, -0.15) is 0 Å². The van der Waals surface area contributed by atoms with Crippen LogP contribution in [0.1, 0.15) is 32.3 Å². The van der Waals surface area contributed by atoms with Crippen LogP contribution in [0, 0.1) is 5.92 Å². The van der Waals surface area contributed by atoms with Crippen LogP contribution in [0.5, 0.6) is 5.75 Å². The molecular weight excluding hydrogens is 198 g/mol. The summed E-state index contributed by atoms with van der Waals surface area (Å²) in [5.41, 5.74) is 7.10. The van der Waals surface area contributed by atoms with Gasteiger partial charge in [0, 0.05) is 6.04 Å². The third-order valence-electron chi connectivity index (χ3n) is 3.00. The molecule has 1 aromatic rings. The van der Waals surface area contributed by atoms with Crippen molar-refractivity contribution in [3.8, 4) is 5.75 Å². The van der Waals surface area contributed by atoms with E-state index in [0.29, 0.717) is 18.1 Å². The molecule has 1 aliphatic carbocycles. The van der Waals surface area contributed by atoms with Crippen LogP contribution in [0.4, 0.5) is 0 Å². The van der Waals surface area contributed by atoms with Crippen LogP contribution in [0.2, 0.25) is 0 Å². The Hall–Kier alpha value is -1.02. The highest BCUT2D eigenvalue weighted by molar-refractivity contribution is 5.27. The smallest absolute Gasteiger partial charge is 0.119 e. The molecule has 88 valence electrons. The van der Waals surface area contributed by atoms with Crippen LogP contribution < -0.4 is 10.5 Å².